The van der Waals surface area contributed by atoms with Crippen LogP contribution in [0.2, 0.25) is 0 Å². The van der Waals surface area contributed by atoms with E-state index < -0.39 is 11.9 Å². The number of halogens is 1. The quantitative estimate of drug-likeness (QED) is 0.679. The second kappa shape index (κ2) is 7.09. The third-order valence-corrected chi connectivity index (χ3v) is 4.69. The van der Waals surface area contributed by atoms with Crippen molar-refractivity contribution in [3.05, 3.63) is 58.0 Å². The number of thiazole rings is 1. The molecule has 1 amide bonds. The Hall–Kier alpha value is -3.00. The zero-order valence-electron chi connectivity index (χ0n) is 14.3. The first-order chi connectivity index (χ1) is 12.4. The number of nitrogens with one attached hydrogen (secondary N) is 2. The Bertz CT molecular complexity index is 993. The number of hydrogen-bond donors (Lipinski definition) is 2. The second-order valence-electron chi connectivity index (χ2n) is 5.59. The van der Waals surface area contributed by atoms with Crippen molar-refractivity contribution >= 4 is 28.3 Å². The number of anilines is 1. The summed E-state index contributed by atoms with van der Waals surface area (Å²) in [5.41, 5.74) is 2.44. The fourth-order valence-electron chi connectivity index (χ4n) is 2.67. The molecule has 1 aromatic carbocycles. The van der Waals surface area contributed by atoms with Crippen LogP contribution in [0, 0.1) is 19.7 Å². The SMILES string of the molecule is COC(=O)c1c(C)[nH]c(C(=O)Nc2nc(-c3ccccc3F)cs2)c1C. The van der Waals surface area contributed by atoms with E-state index in [-0.39, 0.29) is 11.5 Å². The minimum absolute atomic E-state index is 0.255. The van der Waals surface area contributed by atoms with Crippen LogP contribution in [0.1, 0.15) is 32.1 Å². The van der Waals surface area contributed by atoms with Crippen molar-refractivity contribution in [3.63, 3.8) is 0 Å². The lowest BCUT2D eigenvalue weighted by Crippen LogP contribution is -2.14. The van der Waals surface area contributed by atoms with Gasteiger partial charge in [0.15, 0.2) is 5.13 Å². The highest BCUT2D eigenvalue weighted by Crippen LogP contribution is 2.27. The van der Waals surface area contributed by atoms with Gasteiger partial charge in [-0.1, -0.05) is 12.1 Å². The van der Waals surface area contributed by atoms with E-state index in [2.05, 4.69) is 15.3 Å². The first-order valence-corrected chi connectivity index (χ1v) is 8.59. The lowest BCUT2D eigenvalue weighted by Gasteiger charge is -2.02. The molecule has 0 atom stereocenters. The number of H-pyrrole nitrogens is 1. The monoisotopic (exact) mass is 373 g/mol. The van der Waals surface area contributed by atoms with Crippen LogP contribution in [-0.4, -0.2) is 29.0 Å². The Balaban J connectivity index is 1.84. The Kier molecular flexibility index (Phi) is 4.85. The average molecular weight is 373 g/mol. The maximum atomic E-state index is 13.8. The summed E-state index contributed by atoms with van der Waals surface area (Å²) in [5.74, 6) is -1.32. The van der Waals surface area contributed by atoms with E-state index in [9.17, 15) is 14.0 Å². The van der Waals surface area contributed by atoms with Crippen LogP contribution >= 0.6 is 11.3 Å². The summed E-state index contributed by atoms with van der Waals surface area (Å²) in [6, 6.07) is 6.29. The molecule has 134 valence electrons. The molecule has 8 heteroatoms. The van der Waals surface area contributed by atoms with Crippen LogP contribution in [0.5, 0.6) is 0 Å². The van der Waals surface area contributed by atoms with E-state index >= 15 is 0 Å². The normalized spacial score (nSPS) is 10.6. The summed E-state index contributed by atoms with van der Waals surface area (Å²) in [7, 11) is 1.29. The maximum Gasteiger partial charge on any atom is 0.339 e. The molecule has 0 bridgehead atoms. The van der Waals surface area contributed by atoms with Gasteiger partial charge in [-0.25, -0.2) is 14.2 Å². The van der Waals surface area contributed by atoms with Crippen molar-refractivity contribution in [2.45, 2.75) is 13.8 Å². The molecular weight excluding hydrogens is 357 g/mol. The van der Waals surface area contributed by atoms with Gasteiger partial charge in [0.1, 0.15) is 11.5 Å². The molecule has 3 aromatic rings. The number of nitrogens with zero attached hydrogens (tertiary/aromatic N) is 1. The molecule has 0 spiro atoms. The smallest absolute Gasteiger partial charge is 0.339 e. The summed E-state index contributed by atoms with van der Waals surface area (Å²) >= 11 is 1.19. The molecule has 0 radical (unpaired) electrons. The summed E-state index contributed by atoms with van der Waals surface area (Å²) in [6.07, 6.45) is 0. The van der Waals surface area contributed by atoms with Gasteiger partial charge in [0.05, 0.1) is 18.4 Å². The van der Waals surface area contributed by atoms with Crippen LogP contribution in [-0.2, 0) is 4.74 Å². The van der Waals surface area contributed by atoms with Gasteiger partial charge in [-0.3, -0.25) is 10.1 Å². The molecule has 2 N–H and O–H groups in total. The predicted octanol–water partition coefficient (Wildman–Crippen LogP) is 3.93. The minimum Gasteiger partial charge on any atom is -0.465 e. The van der Waals surface area contributed by atoms with Crippen molar-refractivity contribution in [1.29, 1.82) is 0 Å². The molecule has 0 saturated heterocycles. The molecule has 0 saturated carbocycles. The van der Waals surface area contributed by atoms with Crippen molar-refractivity contribution in [2.75, 3.05) is 12.4 Å². The molecule has 3 rings (SSSR count). The number of aryl methyl sites for hydroxylation is 1. The van der Waals surface area contributed by atoms with Crippen molar-refractivity contribution in [1.82, 2.24) is 9.97 Å². The summed E-state index contributed by atoms with van der Waals surface area (Å²) in [6.45, 7) is 3.35. The number of aromatic amines is 1. The van der Waals surface area contributed by atoms with E-state index in [0.717, 1.165) is 0 Å². The van der Waals surface area contributed by atoms with E-state index in [1.807, 2.05) is 0 Å². The standard InChI is InChI=1S/C18H16FN3O3S/c1-9-14(17(24)25-3)10(2)20-15(9)16(23)22-18-21-13(8-26-18)11-6-4-5-7-12(11)19/h4-8,20H,1-3H3,(H,21,22,23). The second-order valence-corrected chi connectivity index (χ2v) is 6.45. The highest BCUT2D eigenvalue weighted by atomic mass is 32.1. The number of amides is 1. The molecule has 2 aromatic heterocycles. The van der Waals surface area contributed by atoms with Gasteiger partial charge in [0.2, 0.25) is 0 Å². The van der Waals surface area contributed by atoms with Gasteiger partial charge in [0.25, 0.3) is 5.91 Å². The Labute approximate surface area is 153 Å². The number of esters is 1. The fourth-order valence-corrected chi connectivity index (χ4v) is 3.37. The topological polar surface area (TPSA) is 84.1 Å². The highest BCUT2D eigenvalue weighted by molar-refractivity contribution is 7.14. The molecule has 0 aliphatic heterocycles. The summed E-state index contributed by atoms with van der Waals surface area (Å²) in [5, 5.41) is 4.67. The Morgan fingerprint density at radius 1 is 1.27 bits per heavy atom. The number of methoxy groups -OCH3 is 1. The first kappa shape index (κ1) is 17.8. The molecule has 0 aliphatic rings. The summed E-state index contributed by atoms with van der Waals surface area (Å²) in [4.78, 5) is 31.5. The number of carbonyl (C=O) groups excluding carboxylic acids is 2. The number of hydrogen-bond acceptors (Lipinski definition) is 5. The number of benzene rings is 1. The third-order valence-electron chi connectivity index (χ3n) is 3.93. The van der Waals surface area contributed by atoms with Crippen molar-refractivity contribution in [3.8, 4) is 11.3 Å². The van der Waals surface area contributed by atoms with Gasteiger partial charge in [-0.2, -0.15) is 0 Å². The average Bonchev–Trinajstić information content (AvgIpc) is 3.19. The lowest BCUT2D eigenvalue weighted by atomic mass is 10.1. The molecular formula is C18H16FN3O3S. The summed E-state index contributed by atoms with van der Waals surface area (Å²) < 4.78 is 18.6. The largest absolute Gasteiger partial charge is 0.465 e. The molecule has 0 fully saturated rings. The number of carbonyl (C=O) groups is 2. The molecule has 2 heterocycles. The van der Waals surface area contributed by atoms with Crippen LogP contribution in [0.25, 0.3) is 11.3 Å². The molecule has 0 aliphatic carbocycles. The highest BCUT2D eigenvalue weighted by Gasteiger charge is 2.23. The van der Waals surface area contributed by atoms with E-state index in [1.54, 1.807) is 37.4 Å². The fraction of sp³-hybridized carbons (Fsp3) is 0.167. The van der Waals surface area contributed by atoms with E-state index in [4.69, 9.17) is 4.74 Å². The number of rotatable bonds is 4. The minimum atomic E-state index is -0.508. The predicted molar refractivity (Wildman–Crippen MR) is 97.1 cm³/mol. The van der Waals surface area contributed by atoms with Crippen LogP contribution in [0.15, 0.2) is 29.6 Å². The van der Waals surface area contributed by atoms with E-state index in [0.29, 0.717) is 33.2 Å². The van der Waals surface area contributed by atoms with Gasteiger partial charge < -0.3 is 9.72 Å². The van der Waals surface area contributed by atoms with Crippen LogP contribution in [0.3, 0.4) is 0 Å². The van der Waals surface area contributed by atoms with Crippen LogP contribution < -0.4 is 5.32 Å². The van der Waals surface area contributed by atoms with Gasteiger partial charge in [0, 0.05) is 16.6 Å². The number of aromatic nitrogens is 2. The molecule has 6 nitrogen and oxygen atoms in total. The Morgan fingerprint density at radius 3 is 2.69 bits per heavy atom. The molecule has 26 heavy (non-hydrogen) atoms. The first-order valence-electron chi connectivity index (χ1n) is 7.71. The van der Waals surface area contributed by atoms with Crippen LogP contribution in [0.4, 0.5) is 9.52 Å². The third kappa shape index (κ3) is 3.23. The van der Waals surface area contributed by atoms with Crippen molar-refractivity contribution < 1.29 is 18.7 Å². The zero-order chi connectivity index (χ0) is 18.8. The van der Waals surface area contributed by atoms with Crippen molar-refractivity contribution in [2.24, 2.45) is 0 Å². The Morgan fingerprint density at radius 2 is 2.00 bits per heavy atom. The van der Waals surface area contributed by atoms with Gasteiger partial charge in [-0.15, -0.1) is 11.3 Å². The van der Waals surface area contributed by atoms with E-state index in [1.165, 1.54) is 24.5 Å². The number of ether oxygens (including phenoxy) is 1. The van der Waals surface area contributed by atoms with Gasteiger partial charge >= 0.3 is 5.97 Å². The van der Waals surface area contributed by atoms with Gasteiger partial charge in [-0.05, 0) is 31.5 Å². The maximum absolute atomic E-state index is 13.8. The zero-order valence-corrected chi connectivity index (χ0v) is 15.2. The lowest BCUT2D eigenvalue weighted by molar-refractivity contribution is 0.0599. The molecule has 0 unspecified atom stereocenters.